The number of aryl methyl sites for hydroxylation is 1. The van der Waals surface area contributed by atoms with Crippen molar-refractivity contribution >= 4 is 17.3 Å². The highest BCUT2D eigenvalue weighted by Crippen LogP contribution is 2.23. The molecule has 0 atom stereocenters. The van der Waals surface area contributed by atoms with Gasteiger partial charge in [-0.25, -0.2) is 4.39 Å². The maximum absolute atomic E-state index is 13.7. The Kier molecular flexibility index (Phi) is 3.89. The molecule has 3 N–H and O–H groups in total. The van der Waals surface area contributed by atoms with Crippen LogP contribution in [-0.2, 0) is 0 Å². The van der Waals surface area contributed by atoms with Gasteiger partial charge in [0, 0.05) is 5.69 Å². The highest BCUT2D eigenvalue weighted by molar-refractivity contribution is 6.06. The van der Waals surface area contributed by atoms with Gasteiger partial charge in [0.25, 0.3) is 5.91 Å². The fraction of sp³-hybridized carbons (Fsp3) is 0.133. The van der Waals surface area contributed by atoms with Crippen LogP contribution in [0.4, 0.5) is 15.8 Å². The van der Waals surface area contributed by atoms with Gasteiger partial charge in [-0.15, -0.1) is 0 Å². The van der Waals surface area contributed by atoms with Crippen molar-refractivity contribution in [2.75, 3.05) is 18.2 Å². The van der Waals surface area contributed by atoms with Crippen LogP contribution in [0.15, 0.2) is 36.4 Å². The van der Waals surface area contributed by atoms with Crippen LogP contribution in [0.5, 0.6) is 5.75 Å². The standard InChI is InChI=1S/C15H15FN2O2/c1-9-3-6-14(20-2)11(7-9)15(19)18-13-5-4-10(17)8-12(13)16/h3-8H,17H2,1-2H3,(H,18,19). The molecule has 0 aliphatic rings. The SMILES string of the molecule is COc1ccc(C)cc1C(=O)Nc1ccc(N)cc1F. The molecule has 0 heterocycles. The van der Waals surface area contributed by atoms with Gasteiger partial charge in [0.15, 0.2) is 0 Å². The van der Waals surface area contributed by atoms with Gasteiger partial charge in [-0.3, -0.25) is 4.79 Å². The smallest absolute Gasteiger partial charge is 0.259 e. The quantitative estimate of drug-likeness (QED) is 0.846. The molecule has 2 aromatic rings. The predicted molar refractivity (Wildman–Crippen MR) is 76.5 cm³/mol. The number of carbonyl (C=O) groups excluding carboxylic acids is 1. The Balaban J connectivity index is 2.30. The first-order chi connectivity index (χ1) is 9.51. The maximum Gasteiger partial charge on any atom is 0.259 e. The lowest BCUT2D eigenvalue weighted by Crippen LogP contribution is -2.14. The van der Waals surface area contributed by atoms with Crippen LogP contribution in [0.1, 0.15) is 15.9 Å². The third-order valence-corrected chi connectivity index (χ3v) is 2.84. The zero-order valence-electron chi connectivity index (χ0n) is 11.2. The summed E-state index contributed by atoms with van der Waals surface area (Å²) in [4.78, 5) is 12.2. The normalized spacial score (nSPS) is 10.2. The molecule has 0 saturated heterocycles. The number of anilines is 2. The van der Waals surface area contributed by atoms with Gasteiger partial charge in [-0.1, -0.05) is 11.6 Å². The summed E-state index contributed by atoms with van der Waals surface area (Å²) in [6, 6.07) is 9.31. The Labute approximate surface area is 116 Å². The molecule has 0 aliphatic carbocycles. The van der Waals surface area contributed by atoms with E-state index in [0.717, 1.165) is 11.6 Å². The van der Waals surface area contributed by atoms with Crippen LogP contribution in [0.2, 0.25) is 0 Å². The lowest BCUT2D eigenvalue weighted by Gasteiger charge is -2.11. The summed E-state index contributed by atoms with van der Waals surface area (Å²) in [5.41, 5.74) is 7.10. The molecular formula is C15H15FN2O2. The van der Waals surface area contributed by atoms with Crippen LogP contribution in [0.3, 0.4) is 0 Å². The van der Waals surface area contributed by atoms with Crippen molar-refractivity contribution < 1.29 is 13.9 Å². The molecule has 0 spiro atoms. The second kappa shape index (κ2) is 5.61. The number of nitrogen functional groups attached to an aromatic ring is 1. The number of methoxy groups -OCH3 is 1. The second-order valence-electron chi connectivity index (χ2n) is 4.40. The minimum Gasteiger partial charge on any atom is -0.496 e. The van der Waals surface area contributed by atoms with Crippen LogP contribution >= 0.6 is 0 Å². The first kappa shape index (κ1) is 13.9. The molecule has 104 valence electrons. The van der Waals surface area contributed by atoms with E-state index in [1.54, 1.807) is 12.1 Å². The van der Waals surface area contributed by atoms with E-state index in [-0.39, 0.29) is 5.69 Å². The Morgan fingerprint density at radius 2 is 2.00 bits per heavy atom. The number of hydrogen-bond donors (Lipinski definition) is 2. The summed E-state index contributed by atoms with van der Waals surface area (Å²) >= 11 is 0. The fourth-order valence-electron chi connectivity index (χ4n) is 1.82. The van der Waals surface area contributed by atoms with E-state index in [4.69, 9.17) is 10.5 Å². The molecule has 20 heavy (non-hydrogen) atoms. The molecule has 0 unspecified atom stereocenters. The van der Waals surface area contributed by atoms with Gasteiger partial charge in [0.05, 0.1) is 18.4 Å². The second-order valence-corrected chi connectivity index (χ2v) is 4.40. The zero-order chi connectivity index (χ0) is 14.7. The first-order valence-electron chi connectivity index (χ1n) is 6.02. The van der Waals surface area contributed by atoms with Crippen molar-refractivity contribution in [3.63, 3.8) is 0 Å². The van der Waals surface area contributed by atoms with E-state index in [1.165, 1.54) is 19.2 Å². The molecule has 0 aliphatic heterocycles. The monoisotopic (exact) mass is 274 g/mol. The molecule has 0 radical (unpaired) electrons. The molecule has 0 fully saturated rings. The molecule has 0 saturated carbocycles. The van der Waals surface area contributed by atoms with Gasteiger partial charge in [0.1, 0.15) is 11.6 Å². The van der Waals surface area contributed by atoms with Gasteiger partial charge in [-0.2, -0.15) is 0 Å². The Hall–Kier alpha value is -2.56. The largest absolute Gasteiger partial charge is 0.496 e. The Bertz CT molecular complexity index is 656. The topological polar surface area (TPSA) is 64.3 Å². The van der Waals surface area contributed by atoms with Crippen molar-refractivity contribution in [3.05, 3.63) is 53.3 Å². The van der Waals surface area contributed by atoms with Crippen LogP contribution < -0.4 is 15.8 Å². The van der Waals surface area contributed by atoms with Crippen LogP contribution in [-0.4, -0.2) is 13.0 Å². The number of hydrogen-bond acceptors (Lipinski definition) is 3. The fourth-order valence-corrected chi connectivity index (χ4v) is 1.82. The maximum atomic E-state index is 13.7. The minimum atomic E-state index is -0.579. The van der Waals surface area contributed by atoms with Crippen LogP contribution in [0.25, 0.3) is 0 Å². The molecule has 4 nitrogen and oxygen atoms in total. The van der Waals surface area contributed by atoms with Crippen molar-refractivity contribution in [3.8, 4) is 5.75 Å². The molecule has 5 heteroatoms. The molecule has 1 amide bonds. The highest BCUT2D eigenvalue weighted by Gasteiger charge is 2.14. The summed E-state index contributed by atoms with van der Waals surface area (Å²) in [6.45, 7) is 1.86. The molecule has 0 aromatic heterocycles. The lowest BCUT2D eigenvalue weighted by atomic mass is 10.1. The number of ether oxygens (including phenoxy) is 1. The van der Waals surface area contributed by atoms with Gasteiger partial charge in [-0.05, 0) is 37.3 Å². The zero-order valence-corrected chi connectivity index (χ0v) is 11.2. The average molecular weight is 274 g/mol. The summed E-state index contributed by atoms with van der Waals surface area (Å²) in [5, 5.41) is 2.51. The number of halogens is 1. The number of benzene rings is 2. The highest BCUT2D eigenvalue weighted by atomic mass is 19.1. The van der Waals surface area contributed by atoms with Crippen molar-refractivity contribution in [2.45, 2.75) is 6.92 Å². The summed E-state index contributed by atoms with van der Waals surface area (Å²) in [6.07, 6.45) is 0. The van der Waals surface area contributed by atoms with E-state index >= 15 is 0 Å². The Morgan fingerprint density at radius 3 is 2.65 bits per heavy atom. The molecule has 2 aromatic carbocycles. The van der Waals surface area contributed by atoms with E-state index in [1.807, 2.05) is 13.0 Å². The van der Waals surface area contributed by atoms with Crippen LogP contribution in [0, 0.1) is 12.7 Å². The average Bonchev–Trinajstić information content (AvgIpc) is 2.41. The predicted octanol–water partition coefficient (Wildman–Crippen LogP) is 2.98. The van der Waals surface area contributed by atoms with E-state index in [9.17, 15) is 9.18 Å². The molecule has 2 rings (SSSR count). The number of amides is 1. The van der Waals surface area contributed by atoms with Gasteiger partial charge in [0.2, 0.25) is 0 Å². The van der Waals surface area contributed by atoms with E-state index < -0.39 is 11.7 Å². The summed E-state index contributed by atoms with van der Waals surface area (Å²) < 4.78 is 18.8. The van der Waals surface area contributed by atoms with Gasteiger partial charge >= 0.3 is 0 Å². The number of carbonyl (C=O) groups is 1. The first-order valence-corrected chi connectivity index (χ1v) is 6.02. The Morgan fingerprint density at radius 1 is 1.25 bits per heavy atom. The lowest BCUT2D eigenvalue weighted by molar-refractivity contribution is 0.102. The van der Waals surface area contributed by atoms with Gasteiger partial charge < -0.3 is 15.8 Å². The van der Waals surface area contributed by atoms with E-state index in [2.05, 4.69) is 5.32 Å². The molecular weight excluding hydrogens is 259 g/mol. The minimum absolute atomic E-state index is 0.0766. The summed E-state index contributed by atoms with van der Waals surface area (Å²) in [7, 11) is 1.48. The third kappa shape index (κ3) is 2.88. The summed E-state index contributed by atoms with van der Waals surface area (Å²) in [5.74, 6) is -0.580. The third-order valence-electron chi connectivity index (χ3n) is 2.84. The number of nitrogens with two attached hydrogens (primary N) is 1. The van der Waals surface area contributed by atoms with Crippen molar-refractivity contribution in [1.82, 2.24) is 0 Å². The number of nitrogens with one attached hydrogen (secondary N) is 1. The van der Waals surface area contributed by atoms with E-state index in [0.29, 0.717) is 17.0 Å². The molecule has 0 bridgehead atoms. The van der Waals surface area contributed by atoms with Crippen molar-refractivity contribution in [2.24, 2.45) is 0 Å². The van der Waals surface area contributed by atoms with Crippen molar-refractivity contribution in [1.29, 1.82) is 0 Å². The number of rotatable bonds is 3.